The lowest BCUT2D eigenvalue weighted by molar-refractivity contribution is 0.100. The standard InChI is InChI=1S/C13H12ClN7O2/c1-16-10-3-9(19-8-2-6(14)4-17-13(8)23)20-12-7(11(15)22)5-18-21(10)12/h2-5,16H,1H3,(H2,15,22)(H,17,23)(H,19,20). The SMILES string of the molecule is CNc1cc(Nc2cc(Cl)c[nH]c2=O)nc2c(C(N)=O)cnn12. The molecule has 0 saturated heterocycles. The molecule has 1 amide bonds. The summed E-state index contributed by atoms with van der Waals surface area (Å²) in [7, 11) is 1.69. The van der Waals surface area contributed by atoms with Crippen molar-refractivity contribution in [2.75, 3.05) is 17.7 Å². The molecular weight excluding hydrogens is 322 g/mol. The fourth-order valence-corrected chi connectivity index (χ4v) is 2.23. The van der Waals surface area contributed by atoms with Crippen LogP contribution in [-0.2, 0) is 0 Å². The topological polar surface area (TPSA) is 130 Å². The Kier molecular flexibility index (Phi) is 3.62. The second-order valence-electron chi connectivity index (χ2n) is 4.62. The molecule has 0 bridgehead atoms. The number of halogens is 1. The number of aromatic nitrogens is 4. The van der Waals surface area contributed by atoms with Crippen molar-refractivity contribution in [1.82, 2.24) is 19.6 Å². The monoisotopic (exact) mass is 333 g/mol. The van der Waals surface area contributed by atoms with Gasteiger partial charge in [-0.3, -0.25) is 9.59 Å². The molecule has 5 N–H and O–H groups in total. The summed E-state index contributed by atoms with van der Waals surface area (Å²) in [5.74, 6) is 0.244. The van der Waals surface area contributed by atoms with E-state index in [2.05, 4.69) is 25.7 Å². The molecule has 23 heavy (non-hydrogen) atoms. The third-order valence-electron chi connectivity index (χ3n) is 3.12. The second kappa shape index (κ2) is 5.61. The predicted molar refractivity (Wildman–Crippen MR) is 86.4 cm³/mol. The molecule has 10 heteroatoms. The minimum absolute atomic E-state index is 0.171. The number of primary amides is 1. The summed E-state index contributed by atoms with van der Waals surface area (Å²) in [6, 6.07) is 3.10. The Labute approximate surface area is 134 Å². The molecule has 0 radical (unpaired) electrons. The van der Waals surface area contributed by atoms with Gasteiger partial charge in [-0.15, -0.1) is 0 Å². The lowest BCUT2D eigenvalue weighted by atomic mass is 10.3. The molecule has 3 rings (SSSR count). The number of rotatable bonds is 4. The van der Waals surface area contributed by atoms with Crippen LogP contribution in [0.1, 0.15) is 10.4 Å². The fraction of sp³-hybridized carbons (Fsp3) is 0.0769. The number of aromatic amines is 1. The van der Waals surface area contributed by atoms with Gasteiger partial charge in [-0.05, 0) is 6.07 Å². The Bertz CT molecular complexity index is 963. The molecule has 3 aromatic heterocycles. The van der Waals surface area contributed by atoms with Crippen molar-refractivity contribution in [3.63, 3.8) is 0 Å². The van der Waals surface area contributed by atoms with Gasteiger partial charge < -0.3 is 21.4 Å². The summed E-state index contributed by atoms with van der Waals surface area (Å²) in [5.41, 5.74) is 5.62. The van der Waals surface area contributed by atoms with Gasteiger partial charge in [-0.2, -0.15) is 9.61 Å². The van der Waals surface area contributed by atoms with Gasteiger partial charge in [-0.1, -0.05) is 11.6 Å². The summed E-state index contributed by atoms with van der Waals surface area (Å²) in [6.45, 7) is 0. The first-order valence-corrected chi connectivity index (χ1v) is 6.89. The average Bonchev–Trinajstić information content (AvgIpc) is 2.94. The number of nitrogens with one attached hydrogen (secondary N) is 3. The molecule has 0 aliphatic carbocycles. The van der Waals surface area contributed by atoms with Crippen LogP contribution >= 0.6 is 11.6 Å². The van der Waals surface area contributed by atoms with Crippen LogP contribution < -0.4 is 21.9 Å². The van der Waals surface area contributed by atoms with E-state index in [9.17, 15) is 9.59 Å². The maximum absolute atomic E-state index is 11.8. The Morgan fingerprint density at radius 2 is 2.22 bits per heavy atom. The Morgan fingerprint density at radius 1 is 1.43 bits per heavy atom. The number of carbonyl (C=O) groups excluding carboxylic acids is 1. The van der Waals surface area contributed by atoms with E-state index in [1.807, 2.05) is 0 Å². The first-order valence-electron chi connectivity index (χ1n) is 6.51. The summed E-state index contributed by atoms with van der Waals surface area (Å²) < 4.78 is 1.44. The van der Waals surface area contributed by atoms with E-state index in [-0.39, 0.29) is 22.5 Å². The van der Waals surface area contributed by atoms with Gasteiger partial charge in [0.15, 0.2) is 5.65 Å². The van der Waals surface area contributed by atoms with E-state index in [0.717, 1.165) is 0 Å². The van der Waals surface area contributed by atoms with Crippen molar-refractivity contribution in [2.45, 2.75) is 0 Å². The number of nitrogens with zero attached hydrogens (tertiary/aromatic N) is 3. The molecule has 0 saturated carbocycles. The van der Waals surface area contributed by atoms with Crippen LogP contribution in [-0.4, -0.2) is 32.5 Å². The number of carbonyl (C=O) groups is 1. The minimum atomic E-state index is -0.646. The van der Waals surface area contributed by atoms with Crippen LogP contribution in [0, 0.1) is 0 Å². The van der Waals surface area contributed by atoms with Gasteiger partial charge in [0.05, 0.1) is 11.2 Å². The first-order chi connectivity index (χ1) is 11.0. The van der Waals surface area contributed by atoms with Crippen LogP contribution in [0.25, 0.3) is 5.65 Å². The molecule has 0 fully saturated rings. The van der Waals surface area contributed by atoms with Crippen LogP contribution in [0.4, 0.5) is 17.3 Å². The third kappa shape index (κ3) is 2.69. The van der Waals surface area contributed by atoms with Crippen LogP contribution in [0.3, 0.4) is 0 Å². The van der Waals surface area contributed by atoms with Gasteiger partial charge in [0.1, 0.15) is 22.9 Å². The lowest BCUT2D eigenvalue weighted by Crippen LogP contribution is -2.13. The molecule has 0 spiro atoms. The molecular formula is C13H12ClN7O2. The minimum Gasteiger partial charge on any atom is -0.373 e. The van der Waals surface area contributed by atoms with Gasteiger partial charge in [0.2, 0.25) is 0 Å². The number of amides is 1. The molecule has 118 valence electrons. The van der Waals surface area contributed by atoms with Crippen molar-refractivity contribution in [1.29, 1.82) is 0 Å². The molecule has 0 atom stereocenters. The largest absolute Gasteiger partial charge is 0.373 e. The van der Waals surface area contributed by atoms with E-state index in [1.54, 1.807) is 13.1 Å². The average molecular weight is 334 g/mol. The smallest absolute Gasteiger partial charge is 0.271 e. The highest BCUT2D eigenvalue weighted by Crippen LogP contribution is 2.21. The second-order valence-corrected chi connectivity index (χ2v) is 5.06. The van der Waals surface area contributed by atoms with E-state index in [0.29, 0.717) is 16.7 Å². The van der Waals surface area contributed by atoms with E-state index in [4.69, 9.17) is 17.3 Å². The summed E-state index contributed by atoms with van der Waals surface area (Å²) in [4.78, 5) is 30.0. The maximum atomic E-state index is 11.8. The lowest BCUT2D eigenvalue weighted by Gasteiger charge is -2.09. The predicted octanol–water partition coefficient (Wildman–Crippen LogP) is 0.955. The van der Waals surface area contributed by atoms with Gasteiger partial charge >= 0.3 is 0 Å². The first kappa shape index (κ1) is 14.9. The Balaban J connectivity index is 2.14. The van der Waals surface area contributed by atoms with Gasteiger partial charge in [-0.25, -0.2) is 4.98 Å². The van der Waals surface area contributed by atoms with Crippen molar-refractivity contribution in [3.8, 4) is 0 Å². The van der Waals surface area contributed by atoms with E-state index in [1.165, 1.54) is 23.0 Å². The van der Waals surface area contributed by atoms with Crippen LogP contribution in [0.2, 0.25) is 5.02 Å². The van der Waals surface area contributed by atoms with Crippen LogP contribution in [0.15, 0.2) is 29.3 Å². The molecule has 0 aromatic carbocycles. The zero-order valence-electron chi connectivity index (χ0n) is 11.9. The highest BCUT2D eigenvalue weighted by molar-refractivity contribution is 6.30. The van der Waals surface area contributed by atoms with Crippen molar-refractivity contribution in [2.24, 2.45) is 5.73 Å². The van der Waals surface area contributed by atoms with Crippen molar-refractivity contribution >= 4 is 40.5 Å². The summed E-state index contributed by atoms with van der Waals surface area (Å²) in [6.07, 6.45) is 2.72. The number of H-pyrrole nitrogens is 1. The number of nitrogens with two attached hydrogens (primary N) is 1. The van der Waals surface area contributed by atoms with Crippen LogP contribution in [0.5, 0.6) is 0 Å². The Morgan fingerprint density at radius 3 is 2.91 bits per heavy atom. The number of hydrogen-bond acceptors (Lipinski definition) is 6. The number of fused-ring (bicyclic) bond motifs is 1. The third-order valence-corrected chi connectivity index (χ3v) is 3.34. The van der Waals surface area contributed by atoms with Crippen molar-refractivity contribution in [3.05, 3.63) is 45.5 Å². The molecule has 0 aliphatic heterocycles. The number of pyridine rings is 1. The normalized spacial score (nSPS) is 10.7. The summed E-state index contributed by atoms with van der Waals surface area (Å²) in [5, 5.41) is 10.2. The molecule has 3 aromatic rings. The zero-order chi connectivity index (χ0) is 16.6. The number of anilines is 3. The van der Waals surface area contributed by atoms with E-state index < -0.39 is 5.91 Å². The molecule has 9 nitrogen and oxygen atoms in total. The fourth-order valence-electron chi connectivity index (χ4n) is 2.07. The molecule has 3 heterocycles. The summed E-state index contributed by atoms with van der Waals surface area (Å²) >= 11 is 5.87. The molecule has 0 unspecified atom stereocenters. The zero-order valence-corrected chi connectivity index (χ0v) is 12.7. The molecule has 0 aliphatic rings. The van der Waals surface area contributed by atoms with Gasteiger partial charge in [0, 0.05) is 19.3 Å². The quantitative estimate of drug-likeness (QED) is 0.562. The number of hydrogen-bond donors (Lipinski definition) is 4. The maximum Gasteiger partial charge on any atom is 0.271 e. The Hall–Kier alpha value is -3.07. The highest BCUT2D eigenvalue weighted by atomic mass is 35.5. The van der Waals surface area contributed by atoms with Gasteiger partial charge in [0.25, 0.3) is 11.5 Å². The van der Waals surface area contributed by atoms with Crippen molar-refractivity contribution < 1.29 is 4.79 Å². The highest BCUT2D eigenvalue weighted by Gasteiger charge is 2.15. The van der Waals surface area contributed by atoms with E-state index >= 15 is 0 Å².